The van der Waals surface area contributed by atoms with Gasteiger partial charge < -0.3 is 16.4 Å². The highest BCUT2D eigenvalue weighted by Crippen LogP contribution is 2.22. The highest BCUT2D eigenvalue weighted by Gasteiger charge is 2.25. The number of carbonyl (C=O) groups excluding carboxylic acids is 1. The number of nitrogens with zero attached hydrogens (tertiary/aromatic N) is 1. The molecular weight excluding hydrogens is 226 g/mol. The van der Waals surface area contributed by atoms with Crippen molar-refractivity contribution in [2.75, 3.05) is 13.1 Å². The Bertz CT molecular complexity index is 278. The van der Waals surface area contributed by atoms with Gasteiger partial charge in [-0.15, -0.1) is 0 Å². The van der Waals surface area contributed by atoms with Gasteiger partial charge in [0.2, 0.25) is 5.91 Å². The molecule has 0 spiro atoms. The third kappa shape index (κ3) is 4.58. The standard InChI is InChI=1S/C14H29N3O/c1-11-6-9-17(12(2)10-11)8-5-4-7-14(3,16)13(15)18/h11-12H,4-10,16H2,1-3H3,(H2,15,18). The topological polar surface area (TPSA) is 72.3 Å². The van der Waals surface area contributed by atoms with Crippen LogP contribution in [0.2, 0.25) is 0 Å². The van der Waals surface area contributed by atoms with E-state index in [1.165, 1.54) is 19.4 Å². The zero-order valence-corrected chi connectivity index (χ0v) is 12.1. The maximum atomic E-state index is 11.1. The summed E-state index contributed by atoms with van der Waals surface area (Å²) in [5, 5.41) is 0. The van der Waals surface area contributed by atoms with Crippen LogP contribution in [0.3, 0.4) is 0 Å². The number of nitrogens with two attached hydrogens (primary N) is 2. The predicted octanol–water partition coefficient (Wildman–Crippen LogP) is 1.48. The molecule has 1 amide bonds. The van der Waals surface area contributed by atoms with Crippen molar-refractivity contribution in [3.63, 3.8) is 0 Å². The molecule has 4 nitrogen and oxygen atoms in total. The second-order valence-electron chi connectivity index (χ2n) is 6.25. The van der Waals surface area contributed by atoms with Gasteiger partial charge in [0, 0.05) is 6.04 Å². The number of carbonyl (C=O) groups is 1. The Balaban J connectivity index is 2.20. The Morgan fingerprint density at radius 1 is 1.39 bits per heavy atom. The molecule has 0 bridgehead atoms. The number of primary amides is 1. The van der Waals surface area contributed by atoms with Crippen LogP contribution >= 0.6 is 0 Å². The van der Waals surface area contributed by atoms with Crippen molar-refractivity contribution in [3.05, 3.63) is 0 Å². The Morgan fingerprint density at radius 3 is 2.61 bits per heavy atom. The fourth-order valence-electron chi connectivity index (χ4n) is 2.72. The van der Waals surface area contributed by atoms with Crippen LogP contribution in [0.5, 0.6) is 0 Å². The summed E-state index contributed by atoms with van der Waals surface area (Å²) in [6.45, 7) is 8.69. The zero-order valence-electron chi connectivity index (χ0n) is 12.1. The lowest BCUT2D eigenvalue weighted by molar-refractivity contribution is -0.122. The first-order valence-corrected chi connectivity index (χ1v) is 7.16. The summed E-state index contributed by atoms with van der Waals surface area (Å²) < 4.78 is 0. The van der Waals surface area contributed by atoms with Crippen LogP contribution in [0.4, 0.5) is 0 Å². The molecule has 4 N–H and O–H groups in total. The molecule has 0 aliphatic carbocycles. The number of piperidine rings is 1. The van der Waals surface area contributed by atoms with Crippen LogP contribution in [-0.4, -0.2) is 35.5 Å². The molecule has 0 radical (unpaired) electrons. The molecule has 0 saturated carbocycles. The Labute approximate surface area is 111 Å². The average molecular weight is 255 g/mol. The minimum absolute atomic E-state index is 0.400. The summed E-state index contributed by atoms with van der Waals surface area (Å²) in [6.07, 6.45) is 5.35. The molecule has 1 fully saturated rings. The smallest absolute Gasteiger partial charge is 0.237 e. The van der Waals surface area contributed by atoms with Gasteiger partial charge in [0.05, 0.1) is 5.54 Å². The molecule has 1 saturated heterocycles. The fourth-order valence-corrected chi connectivity index (χ4v) is 2.72. The van der Waals surface area contributed by atoms with E-state index >= 15 is 0 Å². The maximum Gasteiger partial charge on any atom is 0.237 e. The molecule has 3 atom stereocenters. The molecule has 3 unspecified atom stereocenters. The van der Waals surface area contributed by atoms with Crippen molar-refractivity contribution < 1.29 is 4.79 Å². The molecule has 18 heavy (non-hydrogen) atoms. The number of unbranched alkanes of at least 4 members (excludes halogenated alkanes) is 1. The van der Waals surface area contributed by atoms with E-state index in [-0.39, 0.29) is 0 Å². The molecule has 1 rings (SSSR count). The van der Waals surface area contributed by atoms with Crippen molar-refractivity contribution in [2.24, 2.45) is 17.4 Å². The number of rotatable bonds is 6. The summed E-state index contributed by atoms with van der Waals surface area (Å²) in [7, 11) is 0. The number of likely N-dealkylation sites (tertiary alicyclic amines) is 1. The largest absolute Gasteiger partial charge is 0.368 e. The fraction of sp³-hybridized carbons (Fsp3) is 0.929. The van der Waals surface area contributed by atoms with Crippen molar-refractivity contribution in [1.29, 1.82) is 0 Å². The summed E-state index contributed by atoms with van der Waals surface area (Å²) in [4.78, 5) is 13.6. The first-order chi connectivity index (χ1) is 8.33. The minimum atomic E-state index is -0.845. The van der Waals surface area contributed by atoms with Crippen LogP contribution in [0.1, 0.15) is 52.9 Å². The normalized spacial score (nSPS) is 28.9. The lowest BCUT2D eigenvalue weighted by Crippen LogP contribution is -2.49. The first kappa shape index (κ1) is 15.4. The molecule has 1 aliphatic rings. The van der Waals surface area contributed by atoms with E-state index in [9.17, 15) is 4.79 Å². The SMILES string of the molecule is CC1CCN(CCCCC(C)(N)C(N)=O)C(C)C1. The lowest BCUT2D eigenvalue weighted by Gasteiger charge is -2.36. The van der Waals surface area contributed by atoms with E-state index in [1.54, 1.807) is 6.92 Å². The summed E-state index contributed by atoms with van der Waals surface area (Å²) in [6, 6.07) is 0.689. The second-order valence-corrected chi connectivity index (χ2v) is 6.25. The predicted molar refractivity (Wildman–Crippen MR) is 75.1 cm³/mol. The van der Waals surface area contributed by atoms with Gasteiger partial charge in [-0.3, -0.25) is 4.79 Å². The van der Waals surface area contributed by atoms with Gasteiger partial charge in [0.25, 0.3) is 0 Å². The molecule has 1 heterocycles. The van der Waals surface area contributed by atoms with Crippen LogP contribution in [0.25, 0.3) is 0 Å². The quantitative estimate of drug-likeness (QED) is 0.706. The molecule has 4 heteroatoms. The monoisotopic (exact) mass is 255 g/mol. The van der Waals surface area contributed by atoms with Gasteiger partial charge >= 0.3 is 0 Å². The lowest BCUT2D eigenvalue weighted by atomic mass is 9.92. The van der Waals surface area contributed by atoms with Crippen molar-refractivity contribution in [3.8, 4) is 0 Å². The number of hydrogen-bond acceptors (Lipinski definition) is 3. The van der Waals surface area contributed by atoms with Gasteiger partial charge in [-0.2, -0.15) is 0 Å². The highest BCUT2D eigenvalue weighted by molar-refractivity contribution is 5.83. The zero-order chi connectivity index (χ0) is 13.8. The van der Waals surface area contributed by atoms with Crippen LogP contribution in [-0.2, 0) is 4.79 Å². The minimum Gasteiger partial charge on any atom is -0.368 e. The van der Waals surface area contributed by atoms with E-state index in [0.717, 1.165) is 25.3 Å². The highest BCUT2D eigenvalue weighted by atomic mass is 16.1. The van der Waals surface area contributed by atoms with Gasteiger partial charge in [0.15, 0.2) is 0 Å². The molecule has 1 aliphatic heterocycles. The molecule has 0 aromatic rings. The van der Waals surface area contributed by atoms with Gasteiger partial charge in [-0.25, -0.2) is 0 Å². The first-order valence-electron chi connectivity index (χ1n) is 7.16. The van der Waals surface area contributed by atoms with Crippen LogP contribution < -0.4 is 11.5 Å². The van der Waals surface area contributed by atoms with Gasteiger partial charge in [-0.1, -0.05) is 6.92 Å². The molecule has 106 valence electrons. The van der Waals surface area contributed by atoms with Crippen LogP contribution in [0.15, 0.2) is 0 Å². The second kappa shape index (κ2) is 6.53. The molecule has 0 aromatic carbocycles. The number of amides is 1. The average Bonchev–Trinajstić information content (AvgIpc) is 2.26. The summed E-state index contributed by atoms with van der Waals surface area (Å²) in [5.74, 6) is 0.459. The Kier molecular flexibility index (Phi) is 5.60. The van der Waals surface area contributed by atoms with Crippen molar-refractivity contribution in [2.45, 2.75) is 64.5 Å². The van der Waals surface area contributed by atoms with Crippen LogP contribution in [0, 0.1) is 5.92 Å². The van der Waals surface area contributed by atoms with Gasteiger partial charge in [0.1, 0.15) is 0 Å². The molecule has 0 aromatic heterocycles. The van der Waals surface area contributed by atoms with E-state index in [2.05, 4.69) is 18.7 Å². The summed E-state index contributed by atoms with van der Waals surface area (Å²) in [5.41, 5.74) is 10.2. The van der Waals surface area contributed by atoms with Gasteiger partial charge in [-0.05, 0) is 65.0 Å². The van der Waals surface area contributed by atoms with E-state index in [4.69, 9.17) is 11.5 Å². The molecular formula is C14H29N3O. The third-order valence-electron chi connectivity index (χ3n) is 4.23. The van der Waals surface area contributed by atoms with E-state index in [1.807, 2.05) is 0 Å². The Morgan fingerprint density at radius 2 is 2.06 bits per heavy atom. The summed E-state index contributed by atoms with van der Waals surface area (Å²) >= 11 is 0. The maximum absolute atomic E-state index is 11.1. The number of hydrogen-bond donors (Lipinski definition) is 2. The van der Waals surface area contributed by atoms with E-state index < -0.39 is 11.4 Å². The van der Waals surface area contributed by atoms with Crippen molar-refractivity contribution in [1.82, 2.24) is 4.90 Å². The third-order valence-corrected chi connectivity index (χ3v) is 4.23. The Hall–Kier alpha value is -0.610. The van der Waals surface area contributed by atoms with E-state index in [0.29, 0.717) is 12.5 Å². The van der Waals surface area contributed by atoms with Crippen molar-refractivity contribution >= 4 is 5.91 Å².